The number of rotatable bonds is 4. The molecular weight excluding hydrogens is 400 g/mol. The minimum absolute atomic E-state index is 0.0152. The van der Waals surface area contributed by atoms with Gasteiger partial charge < -0.3 is 19.7 Å². The lowest BCUT2D eigenvalue weighted by Gasteiger charge is -2.17. The smallest absolute Gasteiger partial charge is 0.231 e. The van der Waals surface area contributed by atoms with Crippen LogP contribution >= 0.6 is 15.9 Å². The zero-order valence-electron chi connectivity index (χ0n) is 13.9. The molecule has 0 bridgehead atoms. The van der Waals surface area contributed by atoms with Gasteiger partial charge >= 0.3 is 0 Å². The summed E-state index contributed by atoms with van der Waals surface area (Å²) in [4.78, 5) is 26.5. The molecule has 7 heteroatoms. The minimum atomic E-state index is -0.347. The van der Waals surface area contributed by atoms with Gasteiger partial charge in [0.15, 0.2) is 11.5 Å². The number of anilines is 1. The number of carbonyl (C=O) groups is 2. The zero-order chi connectivity index (χ0) is 18.1. The number of likely N-dealkylation sites (tertiary alicyclic amines) is 1. The second kappa shape index (κ2) is 6.99. The highest BCUT2D eigenvalue weighted by Gasteiger charge is 2.34. The van der Waals surface area contributed by atoms with Gasteiger partial charge in [-0.25, -0.2) is 0 Å². The van der Waals surface area contributed by atoms with E-state index in [9.17, 15) is 9.59 Å². The van der Waals surface area contributed by atoms with E-state index in [1.165, 1.54) is 0 Å². The number of carbonyl (C=O) groups excluding carboxylic acids is 2. The van der Waals surface area contributed by atoms with Crippen LogP contribution in [0.25, 0.3) is 0 Å². The molecule has 2 aliphatic rings. The van der Waals surface area contributed by atoms with Crippen molar-refractivity contribution in [2.75, 3.05) is 18.7 Å². The highest BCUT2D eigenvalue weighted by Crippen LogP contribution is 2.33. The summed E-state index contributed by atoms with van der Waals surface area (Å²) in [6, 6.07) is 13.0. The molecule has 134 valence electrons. The summed E-state index contributed by atoms with van der Waals surface area (Å²) in [5, 5.41) is 2.87. The van der Waals surface area contributed by atoms with Gasteiger partial charge in [0.25, 0.3) is 0 Å². The number of halogens is 1. The molecule has 1 N–H and O–H groups in total. The molecule has 0 radical (unpaired) electrons. The lowest BCUT2D eigenvalue weighted by atomic mass is 10.1. The highest BCUT2D eigenvalue weighted by atomic mass is 79.9. The third-order valence-corrected chi connectivity index (χ3v) is 5.04. The predicted octanol–water partition coefficient (Wildman–Crippen LogP) is 3.17. The molecule has 2 aliphatic heterocycles. The molecule has 0 aromatic heterocycles. The Hall–Kier alpha value is -2.54. The van der Waals surface area contributed by atoms with Crippen LogP contribution < -0.4 is 14.8 Å². The van der Waals surface area contributed by atoms with Crippen LogP contribution in [-0.4, -0.2) is 30.1 Å². The minimum Gasteiger partial charge on any atom is -0.454 e. The van der Waals surface area contributed by atoms with Crippen LogP contribution in [0, 0.1) is 5.92 Å². The van der Waals surface area contributed by atoms with Crippen molar-refractivity contribution in [2.24, 2.45) is 5.92 Å². The van der Waals surface area contributed by atoms with E-state index in [2.05, 4.69) is 21.2 Å². The number of benzene rings is 2. The first-order valence-corrected chi connectivity index (χ1v) is 9.10. The fourth-order valence-corrected chi connectivity index (χ4v) is 3.40. The molecule has 26 heavy (non-hydrogen) atoms. The number of fused-ring (bicyclic) bond motifs is 1. The quantitative estimate of drug-likeness (QED) is 0.830. The normalized spacial score (nSPS) is 18.3. The molecule has 4 rings (SSSR count). The maximum absolute atomic E-state index is 12.5. The largest absolute Gasteiger partial charge is 0.454 e. The van der Waals surface area contributed by atoms with Gasteiger partial charge in [-0.05, 0) is 42.0 Å². The fraction of sp³-hybridized carbons (Fsp3) is 0.263. The van der Waals surface area contributed by atoms with E-state index in [0.29, 0.717) is 24.6 Å². The molecule has 2 amide bonds. The van der Waals surface area contributed by atoms with Crippen molar-refractivity contribution in [1.82, 2.24) is 4.90 Å². The lowest BCUT2D eigenvalue weighted by Crippen LogP contribution is -2.28. The van der Waals surface area contributed by atoms with Gasteiger partial charge in [-0.3, -0.25) is 9.59 Å². The number of amides is 2. The first-order chi connectivity index (χ1) is 12.6. The molecule has 0 saturated carbocycles. The number of nitrogens with zero attached hydrogens (tertiary/aromatic N) is 1. The molecule has 2 heterocycles. The Morgan fingerprint density at radius 1 is 1.15 bits per heavy atom. The number of ether oxygens (including phenoxy) is 2. The van der Waals surface area contributed by atoms with E-state index in [4.69, 9.17) is 9.47 Å². The molecule has 6 nitrogen and oxygen atoms in total. The van der Waals surface area contributed by atoms with E-state index in [-0.39, 0.29) is 30.9 Å². The third kappa shape index (κ3) is 3.53. The summed E-state index contributed by atoms with van der Waals surface area (Å²) in [6.45, 7) is 1.09. The van der Waals surface area contributed by atoms with Crippen molar-refractivity contribution in [3.8, 4) is 11.5 Å². The van der Waals surface area contributed by atoms with Crippen molar-refractivity contribution in [2.45, 2.75) is 13.0 Å². The summed E-state index contributed by atoms with van der Waals surface area (Å²) >= 11 is 3.36. The topological polar surface area (TPSA) is 67.9 Å². The first kappa shape index (κ1) is 16.9. The van der Waals surface area contributed by atoms with Crippen LogP contribution in [0.4, 0.5) is 5.69 Å². The molecule has 2 aromatic rings. The Bertz CT molecular complexity index is 853. The summed E-state index contributed by atoms with van der Waals surface area (Å²) < 4.78 is 11.6. The van der Waals surface area contributed by atoms with Gasteiger partial charge in [0.1, 0.15) is 0 Å². The summed E-state index contributed by atoms with van der Waals surface area (Å²) in [5.74, 6) is 0.916. The number of hydrogen-bond donors (Lipinski definition) is 1. The predicted molar refractivity (Wildman–Crippen MR) is 98.9 cm³/mol. The summed E-state index contributed by atoms with van der Waals surface area (Å²) in [5.41, 5.74) is 1.68. The van der Waals surface area contributed by atoms with E-state index in [1.807, 2.05) is 42.5 Å². The van der Waals surface area contributed by atoms with Gasteiger partial charge in [-0.15, -0.1) is 0 Å². The monoisotopic (exact) mass is 416 g/mol. The second-order valence-electron chi connectivity index (χ2n) is 6.36. The van der Waals surface area contributed by atoms with Crippen LogP contribution in [0.15, 0.2) is 46.9 Å². The Morgan fingerprint density at radius 2 is 1.92 bits per heavy atom. The molecule has 1 unspecified atom stereocenters. The lowest BCUT2D eigenvalue weighted by molar-refractivity contribution is -0.128. The Balaban J connectivity index is 1.38. The van der Waals surface area contributed by atoms with Crippen molar-refractivity contribution < 1.29 is 19.1 Å². The fourth-order valence-electron chi connectivity index (χ4n) is 3.14. The van der Waals surface area contributed by atoms with Crippen molar-refractivity contribution in [1.29, 1.82) is 0 Å². The molecule has 0 aliphatic carbocycles. The van der Waals surface area contributed by atoms with Crippen molar-refractivity contribution in [3.05, 3.63) is 52.5 Å². The number of nitrogens with one attached hydrogen (secondary N) is 1. The molecule has 1 saturated heterocycles. The van der Waals surface area contributed by atoms with Crippen LogP contribution in [0.2, 0.25) is 0 Å². The Kier molecular flexibility index (Phi) is 4.55. The second-order valence-corrected chi connectivity index (χ2v) is 7.27. The van der Waals surface area contributed by atoms with Gasteiger partial charge in [-0.2, -0.15) is 0 Å². The van der Waals surface area contributed by atoms with E-state index >= 15 is 0 Å². The maximum Gasteiger partial charge on any atom is 0.231 e. The standard InChI is InChI=1S/C19H17BrN2O4/c20-14-2-4-15(5-3-14)21-19(24)13-8-18(23)22(10-13)9-12-1-6-16-17(7-12)26-11-25-16/h1-7,13H,8-11H2,(H,21,24). The number of hydrogen-bond acceptors (Lipinski definition) is 4. The van der Waals surface area contributed by atoms with Gasteiger partial charge in [-0.1, -0.05) is 22.0 Å². The third-order valence-electron chi connectivity index (χ3n) is 4.51. The highest BCUT2D eigenvalue weighted by molar-refractivity contribution is 9.10. The van der Waals surface area contributed by atoms with E-state index in [1.54, 1.807) is 4.90 Å². The van der Waals surface area contributed by atoms with Crippen molar-refractivity contribution >= 4 is 33.4 Å². The molecule has 2 aromatic carbocycles. The van der Waals surface area contributed by atoms with Crippen LogP contribution in [0.3, 0.4) is 0 Å². The van der Waals surface area contributed by atoms with E-state index in [0.717, 1.165) is 15.7 Å². The average molecular weight is 417 g/mol. The molecular formula is C19H17BrN2O4. The van der Waals surface area contributed by atoms with E-state index < -0.39 is 0 Å². The maximum atomic E-state index is 12.5. The van der Waals surface area contributed by atoms with Gasteiger partial charge in [0, 0.05) is 29.7 Å². The Labute approximate surface area is 159 Å². The van der Waals surface area contributed by atoms with Crippen molar-refractivity contribution in [3.63, 3.8) is 0 Å². The van der Waals surface area contributed by atoms with Gasteiger partial charge in [0.2, 0.25) is 18.6 Å². The average Bonchev–Trinajstić information content (AvgIpc) is 3.23. The summed E-state index contributed by atoms with van der Waals surface area (Å²) in [7, 11) is 0. The first-order valence-electron chi connectivity index (χ1n) is 8.31. The molecule has 0 spiro atoms. The molecule has 1 atom stereocenters. The SMILES string of the molecule is O=C(Nc1ccc(Br)cc1)C1CC(=O)N(Cc2ccc3c(c2)OCO3)C1. The zero-order valence-corrected chi connectivity index (χ0v) is 15.5. The van der Waals surface area contributed by atoms with Crippen LogP contribution in [0.1, 0.15) is 12.0 Å². The van der Waals surface area contributed by atoms with Gasteiger partial charge in [0.05, 0.1) is 5.92 Å². The van der Waals surface area contributed by atoms with Crippen LogP contribution in [-0.2, 0) is 16.1 Å². The Morgan fingerprint density at radius 3 is 2.73 bits per heavy atom. The van der Waals surface area contributed by atoms with Crippen LogP contribution in [0.5, 0.6) is 11.5 Å². The summed E-state index contributed by atoms with van der Waals surface area (Å²) in [6.07, 6.45) is 0.229. The molecule has 1 fully saturated rings.